The van der Waals surface area contributed by atoms with Gasteiger partial charge in [-0.3, -0.25) is 4.79 Å². The van der Waals surface area contributed by atoms with Crippen molar-refractivity contribution in [3.05, 3.63) is 35.9 Å². The third-order valence-corrected chi connectivity index (χ3v) is 2.72. The Kier molecular flexibility index (Phi) is 4.08. The zero-order valence-electron chi connectivity index (χ0n) is 9.32. The molecule has 1 saturated heterocycles. The van der Waals surface area contributed by atoms with E-state index in [-0.39, 0.29) is 11.8 Å². The molecule has 1 heterocycles. The van der Waals surface area contributed by atoms with Gasteiger partial charge in [-0.1, -0.05) is 30.3 Å². The second-order valence-corrected chi connectivity index (χ2v) is 4.13. The molecule has 1 aromatic rings. The predicted octanol–water partition coefficient (Wildman–Crippen LogP) is 1.18. The summed E-state index contributed by atoms with van der Waals surface area (Å²) in [6.45, 7) is 2.26. The first-order chi connectivity index (χ1) is 7.84. The highest BCUT2D eigenvalue weighted by atomic mass is 16.5. The van der Waals surface area contributed by atoms with Crippen LogP contribution in [0.3, 0.4) is 0 Å². The predicted molar refractivity (Wildman–Crippen MR) is 62.4 cm³/mol. The Morgan fingerprint density at radius 3 is 2.88 bits per heavy atom. The normalized spacial score (nSPS) is 20.6. The Balaban J connectivity index is 1.80. The molecule has 16 heavy (non-hydrogen) atoms. The van der Waals surface area contributed by atoms with Gasteiger partial charge in [-0.15, -0.1) is 0 Å². The van der Waals surface area contributed by atoms with Crippen LogP contribution in [-0.4, -0.2) is 31.6 Å². The number of hydrogen-bond donors (Lipinski definition) is 1. The van der Waals surface area contributed by atoms with Crippen molar-refractivity contribution >= 4 is 5.78 Å². The quantitative estimate of drug-likeness (QED) is 0.826. The maximum Gasteiger partial charge on any atom is 0.138 e. The minimum Gasteiger partial charge on any atom is -0.379 e. The van der Waals surface area contributed by atoms with Crippen molar-refractivity contribution < 1.29 is 9.53 Å². The van der Waals surface area contributed by atoms with Gasteiger partial charge < -0.3 is 10.1 Å². The molecule has 1 aliphatic rings. The van der Waals surface area contributed by atoms with Crippen LogP contribution in [-0.2, 0) is 16.0 Å². The van der Waals surface area contributed by atoms with Crippen LogP contribution in [0.5, 0.6) is 0 Å². The van der Waals surface area contributed by atoms with Crippen LogP contribution in [0.25, 0.3) is 0 Å². The number of rotatable bonds is 4. The summed E-state index contributed by atoms with van der Waals surface area (Å²) in [5.74, 6) is 0.272. The van der Waals surface area contributed by atoms with E-state index in [1.54, 1.807) is 0 Å². The molecule has 0 spiro atoms. The smallest absolute Gasteiger partial charge is 0.138 e. The molecular weight excluding hydrogens is 202 g/mol. The van der Waals surface area contributed by atoms with E-state index in [1.165, 1.54) is 0 Å². The lowest BCUT2D eigenvalue weighted by Crippen LogP contribution is -2.42. The van der Waals surface area contributed by atoms with Crippen LogP contribution in [0, 0.1) is 0 Å². The maximum atomic E-state index is 11.8. The highest BCUT2D eigenvalue weighted by Crippen LogP contribution is 2.05. The van der Waals surface area contributed by atoms with Crippen molar-refractivity contribution in [1.29, 1.82) is 0 Å². The van der Waals surface area contributed by atoms with E-state index in [0.717, 1.165) is 18.7 Å². The monoisotopic (exact) mass is 219 g/mol. The van der Waals surface area contributed by atoms with Gasteiger partial charge in [0.2, 0.25) is 0 Å². The standard InChI is InChI=1S/C13H17NO2/c15-13(8-11-4-2-1-3-5-11)9-12-10-16-7-6-14-12/h1-5,12,14H,6-10H2. The molecule has 1 unspecified atom stereocenters. The fraction of sp³-hybridized carbons (Fsp3) is 0.462. The molecule has 1 fully saturated rings. The molecule has 0 radical (unpaired) electrons. The molecule has 0 saturated carbocycles. The molecule has 1 atom stereocenters. The first kappa shape index (κ1) is 11.3. The minimum absolute atomic E-state index is 0.199. The highest BCUT2D eigenvalue weighted by Gasteiger charge is 2.16. The lowest BCUT2D eigenvalue weighted by molar-refractivity contribution is -0.119. The Bertz CT molecular complexity index is 331. The van der Waals surface area contributed by atoms with E-state index in [0.29, 0.717) is 19.4 Å². The first-order valence-corrected chi connectivity index (χ1v) is 5.71. The van der Waals surface area contributed by atoms with E-state index >= 15 is 0 Å². The molecule has 2 rings (SSSR count). The van der Waals surface area contributed by atoms with Crippen LogP contribution in [0.4, 0.5) is 0 Å². The van der Waals surface area contributed by atoms with Gasteiger partial charge in [0.1, 0.15) is 5.78 Å². The number of ether oxygens (including phenoxy) is 1. The van der Waals surface area contributed by atoms with Crippen molar-refractivity contribution in [3.63, 3.8) is 0 Å². The second kappa shape index (κ2) is 5.77. The number of nitrogens with one attached hydrogen (secondary N) is 1. The van der Waals surface area contributed by atoms with Gasteiger partial charge in [0, 0.05) is 25.4 Å². The largest absolute Gasteiger partial charge is 0.379 e. The Labute approximate surface area is 95.8 Å². The summed E-state index contributed by atoms with van der Waals surface area (Å²) in [6, 6.07) is 10.1. The van der Waals surface area contributed by atoms with Gasteiger partial charge in [-0.05, 0) is 5.56 Å². The summed E-state index contributed by atoms with van der Waals surface area (Å²) in [5, 5.41) is 3.29. The summed E-state index contributed by atoms with van der Waals surface area (Å²) in [6.07, 6.45) is 1.09. The summed E-state index contributed by atoms with van der Waals surface area (Å²) < 4.78 is 5.32. The third-order valence-electron chi connectivity index (χ3n) is 2.72. The Hall–Kier alpha value is -1.19. The van der Waals surface area contributed by atoms with Gasteiger partial charge in [0.05, 0.1) is 13.2 Å². The zero-order chi connectivity index (χ0) is 11.2. The summed E-state index contributed by atoms with van der Waals surface area (Å²) in [4.78, 5) is 11.8. The van der Waals surface area contributed by atoms with E-state index in [4.69, 9.17) is 4.74 Å². The number of ketones is 1. The highest BCUT2D eigenvalue weighted by molar-refractivity contribution is 5.81. The molecule has 0 aliphatic carbocycles. The van der Waals surface area contributed by atoms with Crippen molar-refractivity contribution in [1.82, 2.24) is 5.32 Å². The van der Waals surface area contributed by atoms with Crippen LogP contribution < -0.4 is 5.32 Å². The van der Waals surface area contributed by atoms with Crippen molar-refractivity contribution in [2.75, 3.05) is 19.8 Å². The average molecular weight is 219 g/mol. The number of carbonyl (C=O) groups is 1. The van der Waals surface area contributed by atoms with Crippen LogP contribution in [0.15, 0.2) is 30.3 Å². The summed E-state index contributed by atoms with van der Waals surface area (Å²) in [5.41, 5.74) is 1.09. The van der Waals surface area contributed by atoms with Gasteiger partial charge in [-0.25, -0.2) is 0 Å². The fourth-order valence-electron chi connectivity index (χ4n) is 1.92. The molecule has 0 amide bonds. The van der Waals surface area contributed by atoms with Crippen LogP contribution in [0.1, 0.15) is 12.0 Å². The van der Waals surface area contributed by atoms with E-state index < -0.39 is 0 Å². The van der Waals surface area contributed by atoms with Crippen molar-refractivity contribution in [3.8, 4) is 0 Å². The van der Waals surface area contributed by atoms with Crippen molar-refractivity contribution in [2.24, 2.45) is 0 Å². The molecule has 1 N–H and O–H groups in total. The lowest BCUT2D eigenvalue weighted by Gasteiger charge is -2.23. The first-order valence-electron chi connectivity index (χ1n) is 5.71. The Morgan fingerprint density at radius 1 is 1.38 bits per heavy atom. The number of morpholine rings is 1. The zero-order valence-corrected chi connectivity index (χ0v) is 9.32. The molecule has 0 bridgehead atoms. The van der Waals surface area contributed by atoms with Crippen LogP contribution >= 0.6 is 0 Å². The molecule has 3 heteroatoms. The lowest BCUT2D eigenvalue weighted by atomic mass is 10.0. The molecular formula is C13H17NO2. The number of carbonyl (C=O) groups excluding carboxylic acids is 1. The van der Waals surface area contributed by atoms with E-state index in [9.17, 15) is 4.79 Å². The molecule has 86 valence electrons. The van der Waals surface area contributed by atoms with Crippen LogP contribution in [0.2, 0.25) is 0 Å². The topological polar surface area (TPSA) is 38.3 Å². The number of benzene rings is 1. The summed E-state index contributed by atoms with van der Waals surface area (Å²) >= 11 is 0. The van der Waals surface area contributed by atoms with Gasteiger partial charge in [0.15, 0.2) is 0 Å². The van der Waals surface area contributed by atoms with Gasteiger partial charge in [-0.2, -0.15) is 0 Å². The molecule has 1 aromatic carbocycles. The number of Topliss-reactive ketones (excluding diaryl/α,β-unsaturated/α-hetero) is 1. The van der Waals surface area contributed by atoms with E-state index in [1.807, 2.05) is 30.3 Å². The molecule has 0 aromatic heterocycles. The fourth-order valence-corrected chi connectivity index (χ4v) is 1.92. The van der Waals surface area contributed by atoms with Crippen molar-refractivity contribution in [2.45, 2.75) is 18.9 Å². The Morgan fingerprint density at radius 2 is 2.19 bits per heavy atom. The SMILES string of the molecule is O=C(Cc1ccccc1)CC1COCCN1. The molecule has 1 aliphatic heterocycles. The second-order valence-electron chi connectivity index (χ2n) is 4.13. The summed E-state index contributed by atoms with van der Waals surface area (Å²) in [7, 11) is 0. The van der Waals surface area contributed by atoms with Gasteiger partial charge >= 0.3 is 0 Å². The molecule has 3 nitrogen and oxygen atoms in total. The van der Waals surface area contributed by atoms with Gasteiger partial charge in [0.25, 0.3) is 0 Å². The minimum atomic E-state index is 0.199. The third kappa shape index (κ3) is 3.43. The maximum absolute atomic E-state index is 11.8. The average Bonchev–Trinajstić information content (AvgIpc) is 2.31. The number of hydrogen-bond acceptors (Lipinski definition) is 3. The van der Waals surface area contributed by atoms with E-state index in [2.05, 4.69) is 5.32 Å².